The minimum atomic E-state index is 0.0164. The molecule has 1 rings (SSSR count). The SMILES string of the molecule is O=C(CCCCCCCCCl)OC1CCCCC1. The van der Waals surface area contributed by atoms with Crippen LogP contribution in [0.3, 0.4) is 0 Å². The number of ether oxygens (including phenoxy) is 1. The van der Waals surface area contributed by atoms with Crippen molar-refractivity contribution >= 4 is 17.6 Å². The van der Waals surface area contributed by atoms with Crippen LogP contribution in [0.1, 0.15) is 77.0 Å². The topological polar surface area (TPSA) is 26.3 Å². The van der Waals surface area contributed by atoms with E-state index in [1.54, 1.807) is 0 Å². The van der Waals surface area contributed by atoms with E-state index in [9.17, 15) is 4.79 Å². The first-order valence-corrected chi connectivity index (χ1v) is 8.12. The number of hydrogen-bond acceptors (Lipinski definition) is 2. The van der Waals surface area contributed by atoms with Gasteiger partial charge in [-0.2, -0.15) is 0 Å². The lowest BCUT2D eigenvalue weighted by molar-refractivity contribution is -0.150. The number of rotatable bonds is 9. The molecular weight excluding hydrogens is 248 g/mol. The highest BCUT2D eigenvalue weighted by molar-refractivity contribution is 6.17. The Bertz CT molecular complexity index is 213. The van der Waals surface area contributed by atoms with E-state index < -0.39 is 0 Å². The maximum absolute atomic E-state index is 11.6. The van der Waals surface area contributed by atoms with Gasteiger partial charge in [-0.3, -0.25) is 4.79 Å². The van der Waals surface area contributed by atoms with Gasteiger partial charge in [0, 0.05) is 12.3 Å². The Morgan fingerprint density at radius 2 is 1.56 bits per heavy atom. The summed E-state index contributed by atoms with van der Waals surface area (Å²) in [5.74, 6) is 0.788. The van der Waals surface area contributed by atoms with E-state index in [0.717, 1.165) is 38.0 Å². The van der Waals surface area contributed by atoms with E-state index >= 15 is 0 Å². The molecule has 0 unspecified atom stereocenters. The summed E-state index contributed by atoms with van der Waals surface area (Å²) in [5, 5.41) is 0. The van der Waals surface area contributed by atoms with E-state index in [-0.39, 0.29) is 12.1 Å². The van der Waals surface area contributed by atoms with Crippen molar-refractivity contribution in [2.75, 3.05) is 5.88 Å². The van der Waals surface area contributed by atoms with Gasteiger partial charge in [0.15, 0.2) is 0 Å². The second kappa shape index (κ2) is 10.7. The minimum Gasteiger partial charge on any atom is -0.462 e. The summed E-state index contributed by atoms with van der Waals surface area (Å²) in [5.41, 5.74) is 0. The highest BCUT2D eigenvalue weighted by atomic mass is 35.5. The summed E-state index contributed by atoms with van der Waals surface area (Å²) in [6.45, 7) is 0. The lowest BCUT2D eigenvalue weighted by atomic mass is 9.98. The lowest BCUT2D eigenvalue weighted by Gasteiger charge is -2.21. The van der Waals surface area contributed by atoms with E-state index in [1.807, 2.05) is 0 Å². The molecule has 0 amide bonds. The average molecular weight is 275 g/mol. The van der Waals surface area contributed by atoms with Crippen molar-refractivity contribution < 1.29 is 9.53 Å². The van der Waals surface area contributed by atoms with E-state index in [0.29, 0.717) is 6.42 Å². The van der Waals surface area contributed by atoms with Gasteiger partial charge in [-0.15, -0.1) is 11.6 Å². The Labute approximate surface area is 116 Å². The summed E-state index contributed by atoms with van der Waals surface area (Å²) in [7, 11) is 0. The smallest absolute Gasteiger partial charge is 0.306 e. The van der Waals surface area contributed by atoms with Gasteiger partial charge in [0.2, 0.25) is 0 Å². The van der Waals surface area contributed by atoms with Crippen LogP contribution in [0, 0.1) is 0 Å². The molecule has 1 saturated carbocycles. The highest BCUT2D eigenvalue weighted by Gasteiger charge is 2.17. The molecule has 1 fully saturated rings. The van der Waals surface area contributed by atoms with Crippen LogP contribution in [0.15, 0.2) is 0 Å². The Morgan fingerprint density at radius 3 is 2.22 bits per heavy atom. The van der Waals surface area contributed by atoms with E-state index in [2.05, 4.69) is 0 Å². The standard InChI is InChI=1S/C15H27ClO2/c16-13-9-4-2-1-3-8-12-15(17)18-14-10-6-5-7-11-14/h14H,1-13H2. The van der Waals surface area contributed by atoms with Crippen molar-refractivity contribution in [3.05, 3.63) is 0 Å². The third-order valence-electron chi connectivity index (χ3n) is 3.61. The fourth-order valence-electron chi connectivity index (χ4n) is 2.50. The van der Waals surface area contributed by atoms with Crippen molar-refractivity contribution in [3.63, 3.8) is 0 Å². The molecule has 3 heteroatoms. The molecule has 2 nitrogen and oxygen atoms in total. The molecule has 1 aliphatic carbocycles. The third-order valence-corrected chi connectivity index (χ3v) is 3.88. The van der Waals surface area contributed by atoms with Crippen LogP contribution in [-0.4, -0.2) is 18.0 Å². The molecule has 0 aromatic carbocycles. The number of hydrogen-bond donors (Lipinski definition) is 0. The zero-order chi connectivity index (χ0) is 13.1. The maximum Gasteiger partial charge on any atom is 0.306 e. The van der Waals surface area contributed by atoms with Gasteiger partial charge in [0.05, 0.1) is 0 Å². The van der Waals surface area contributed by atoms with E-state index in [1.165, 1.54) is 38.5 Å². The molecule has 0 atom stereocenters. The summed E-state index contributed by atoms with van der Waals surface area (Å²) < 4.78 is 5.48. The zero-order valence-electron chi connectivity index (χ0n) is 11.5. The summed E-state index contributed by atoms with van der Waals surface area (Å²) >= 11 is 5.61. The highest BCUT2D eigenvalue weighted by Crippen LogP contribution is 2.21. The first kappa shape index (κ1) is 15.8. The molecule has 18 heavy (non-hydrogen) atoms. The van der Waals surface area contributed by atoms with Crippen molar-refractivity contribution in [2.24, 2.45) is 0 Å². The number of carbonyl (C=O) groups excluding carboxylic acids is 1. The summed E-state index contributed by atoms with van der Waals surface area (Å²) in [4.78, 5) is 11.6. The zero-order valence-corrected chi connectivity index (χ0v) is 12.2. The molecule has 0 N–H and O–H groups in total. The van der Waals surface area contributed by atoms with Crippen LogP contribution in [0.2, 0.25) is 0 Å². The van der Waals surface area contributed by atoms with Gasteiger partial charge in [-0.25, -0.2) is 0 Å². The van der Waals surface area contributed by atoms with Crippen molar-refractivity contribution in [2.45, 2.75) is 83.2 Å². The van der Waals surface area contributed by atoms with Crippen LogP contribution < -0.4 is 0 Å². The number of halogens is 1. The predicted octanol–water partition coefficient (Wildman–Crippen LogP) is 4.83. The van der Waals surface area contributed by atoms with Crippen molar-refractivity contribution in [3.8, 4) is 0 Å². The average Bonchev–Trinajstić information content (AvgIpc) is 2.39. The second-order valence-electron chi connectivity index (χ2n) is 5.31. The van der Waals surface area contributed by atoms with Gasteiger partial charge in [0.1, 0.15) is 6.10 Å². The number of alkyl halides is 1. The fourth-order valence-corrected chi connectivity index (χ4v) is 2.69. The van der Waals surface area contributed by atoms with Gasteiger partial charge in [0.25, 0.3) is 0 Å². The Kier molecular flexibility index (Phi) is 9.37. The quantitative estimate of drug-likeness (QED) is 0.342. The van der Waals surface area contributed by atoms with Crippen LogP contribution in [0.4, 0.5) is 0 Å². The first-order valence-electron chi connectivity index (χ1n) is 7.58. The lowest BCUT2D eigenvalue weighted by Crippen LogP contribution is -2.20. The summed E-state index contributed by atoms with van der Waals surface area (Å²) in [6.07, 6.45) is 13.6. The Morgan fingerprint density at radius 1 is 0.944 bits per heavy atom. The molecule has 0 aromatic heterocycles. The number of esters is 1. The Balaban J connectivity index is 1.90. The second-order valence-corrected chi connectivity index (χ2v) is 5.69. The van der Waals surface area contributed by atoms with Gasteiger partial charge < -0.3 is 4.74 Å². The largest absolute Gasteiger partial charge is 0.462 e. The van der Waals surface area contributed by atoms with Crippen molar-refractivity contribution in [1.29, 1.82) is 0 Å². The van der Waals surface area contributed by atoms with Gasteiger partial charge in [-0.05, 0) is 38.5 Å². The van der Waals surface area contributed by atoms with E-state index in [4.69, 9.17) is 16.3 Å². The van der Waals surface area contributed by atoms with Gasteiger partial charge in [-0.1, -0.05) is 32.1 Å². The minimum absolute atomic E-state index is 0.0164. The monoisotopic (exact) mass is 274 g/mol. The van der Waals surface area contributed by atoms with Crippen LogP contribution in [-0.2, 0) is 9.53 Å². The third kappa shape index (κ3) is 7.97. The van der Waals surface area contributed by atoms with Crippen molar-refractivity contribution in [1.82, 2.24) is 0 Å². The molecule has 106 valence electrons. The van der Waals surface area contributed by atoms with Crippen LogP contribution >= 0.6 is 11.6 Å². The maximum atomic E-state index is 11.6. The van der Waals surface area contributed by atoms with Crippen LogP contribution in [0.25, 0.3) is 0 Å². The van der Waals surface area contributed by atoms with Gasteiger partial charge >= 0.3 is 5.97 Å². The molecule has 0 heterocycles. The Hall–Kier alpha value is -0.240. The first-order chi connectivity index (χ1) is 8.83. The molecule has 0 bridgehead atoms. The number of carbonyl (C=O) groups is 1. The number of unbranched alkanes of at least 4 members (excludes halogenated alkanes) is 5. The summed E-state index contributed by atoms with van der Waals surface area (Å²) in [6, 6.07) is 0. The molecule has 0 saturated heterocycles. The molecule has 0 aliphatic heterocycles. The molecule has 0 aromatic rings. The predicted molar refractivity (Wildman–Crippen MR) is 76.0 cm³/mol. The molecule has 0 radical (unpaired) electrons. The normalized spacial score (nSPS) is 16.7. The van der Waals surface area contributed by atoms with Crippen LogP contribution in [0.5, 0.6) is 0 Å². The molecule has 0 spiro atoms. The molecular formula is C15H27ClO2. The fraction of sp³-hybridized carbons (Fsp3) is 0.933. The molecule has 1 aliphatic rings.